The van der Waals surface area contributed by atoms with Crippen LogP contribution in [0.15, 0.2) is 59.1 Å². The average molecular weight is 410 g/mol. The Balaban J connectivity index is 1.49. The van der Waals surface area contributed by atoms with Gasteiger partial charge in [-0.2, -0.15) is 4.98 Å². The lowest BCUT2D eigenvalue weighted by molar-refractivity contribution is 0.0958. The lowest BCUT2D eigenvalue weighted by Crippen LogP contribution is -2.18. The van der Waals surface area contributed by atoms with E-state index in [4.69, 9.17) is 9.15 Å². The first-order valence-electron chi connectivity index (χ1n) is 8.96. The molecule has 0 unspecified atom stereocenters. The summed E-state index contributed by atoms with van der Waals surface area (Å²) in [4.78, 5) is 20.0. The van der Waals surface area contributed by atoms with E-state index >= 15 is 0 Å². The molecule has 30 heavy (non-hydrogen) atoms. The fourth-order valence-corrected chi connectivity index (χ4v) is 2.74. The fourth-order valence-electron chi connectivity index (χ4n) is 2.74. The van der Waals surface area contributed by atoms with Crippen LogP contribution in [-0.4, -0.2) is 22.9 Å². The highest BCUT2D eigenvalue weighted by atomic mass is 19.1. The molecule has 7 nitrogen and oxygen atoms in total. The number of halogens is 2. The normalized spacial score (nSPS) is 10.8. The zero-order valence-corrected chi connectivity index (χ0v) is 15.8. The van der Waals surface area contributed by atoms with Gasteiger partial charge in [0.2, 0.25) is 0 Å². The molecular formula is C21H16F2N4O3. The van der Waals surface area contributed by atoms with E-state index in [2.05, 4.69) is 20.6 Å². The van der Waals surface area contributed by atoms with Crippen molar-refractivity contribution >= 4 is 23.0 Å². The van der Waals surface area contributed by atoms with Gasteiger partial charge in [0.25, 0.3) is 11.9 Å². The molecule has 0 saturated heterocycles. The summed E-state index contributed by atoms with van der Waals surface area (Å²) in [7, 11) is 1.52. The molecule has 2 aromatic heterocycles. The Morgan fingerprint density at radius 2 is 1.93 bits per heavy atom. The predicted molar refractivity (Wildman–Crippen MR) is 105 cm³/mol. The molecule has 0 atom stereocenters. The number of carbonyl (C=O) groups excluding carboxylic acids is 1. The molecule has 0 bridgehead atoms. The Kier molecular flexibility index (Phi) is 5.25. The molecular weight excluding hydrogens is 394 g/mol. The summed E-state index contributed by atoms with van der Waals surface area (Å²) in [5, 5.41) is 5.37. The topological polar surface area (TPSA) is 89.3 Å². The van der Waals surface area contributed by atoms with Crippen LogP contribution in [0.1, 0.15) is 16.1 Å². The molecule has 1 amide bonds. The van der Waals surface area contributed by atoms with E-state index in [1.807, 2.05) is 0 Å². The van der Waals surface area contributed by atoms with Gasteiger partial charge in [-0.3, -0.25) is 9.78 Å². The number of hydrogen-bond donors (Lipinski definition) is 2. The number of nitrogens with zero attached hydrogens (tertiary/aromatic N) is 2. The highest BCUT2D eigenvalue weighted by Crippen LogP contribution is 2.27. The molecule has 0 aliphatic carbocycles. The van der Waals surface area contributed by atoms with Gasteiger partial charge in [0.1, 0.15) is 34.3 Å². The minimum absolute atomic E-state index is 0.0849. The molecule has 4 aromatic rings. The summed E-state index contributed by atoms with van der Waals surface area (Å²) < 4.78 is 38.1. The van der Waals surface area contributed by atoms with Gasteiger partial charge in [-0.05, 0) is 24.3 Å². The zero-order chi connectivity index (χ0) is 21.1. The maximum Gasteiger partial charge on any atom is 0.295 e. The zero-order valence-electron chi connectivity index (χ0n) is 15.8. The second-order valence-electron chi connectivity index (χ2n) is 6.30. The van der Waals surface area contributed by atoms with Crippen LogP contribution in [-0.2, 0) is 6.54 Å². The van der Waals surface area contributed by atoms with E-state index in [9.17, 15) is 13.6 Å². The van der Waals surface area contributed by atoms with Crippen molar-refractivity contribution < 1.29 is 22.7 Å². The molecule has 0 fully saturated rings. The van der Waals surface area contributed by atoms with Crippen molar-refractivity contribution in [2.24, 2.45) is 0 Å². The highest BCUT2D eigenvalue weighted by Gasteiger charge is 2.11. The van der Waals surface area contributed by atoms with Crippen molar-refractivity contribution in [2.45, 2.75) is 6.54 Å². The average Bonchev–Trinajstić information content (AvgIpc) is 3.15. The Morgan fingerprint density at radius 1 is 1.10 bits per heavy atom. The third-order valence-electron chi connectivity index (χ3n) is 4.23. The number of fused-ring (bicyclic) bond motifs is 1. The van der Waals surface area contributed by atoms with Crippen molar-refractivity contribution in [1.29, 1.82) is 0 Å². The third-order valence-corrected chi connectivity index (χ3v) is 4.23. The maximum atomic E-state index is 13.7. The second-order valence-corrected chi connectivity index (χ2v) is 6.30. The van der Waals surface area contributed by atoms with E-state index in [1.54, 1.807) is 24.3 Å². The van der Waals surface area contributed by atoms with Crippen molar-refractivity contribution in [3.05, 3.63) is 77.6 Å². The number of pyridine rings is 1. The van der Waals surface area contributed by atoms with Gasteiger partial charge < -0.3 is 19.8 Å². The van der Waals surface area contributed by atoms with E-state index in [-0.39, 0.29) is 29.7 Å². The van der Waals surface area contributed by atoms with Crippen molar-refractivity contribution in [3.8, 4) is 11.5 Å². The third kappa shape index (κ3) is 4.19. The van der Waals surface area contributed by atoms with Gasteiger partial charge in [0.15, 0.2) is 5.58 Å². The molecule has 9 heteroatoms. The number of rotatable bonds is 6. The summed E-state index contributed by atoms with van der Waals surface area (Å²) >= 11 is 0. The molecule has 4 rings (SSSR count). The van der Waals surface area contributed by atoms with Crippen LogP contribution in [0.4, 0.5) is 14.8 Å². The number of amides is 1. The van der Waals surface area contributed by atoms with Gasteiger partial charge in [0, 0.05) is 43.6 Å². The predicted octanol–water partition coefficient (Wildman–Crippen LogP) is 4.27. The fraction of sp³-hybridized carbons (Fsp3) is 0.0952. The summed E-state index contributed by atoms with van der Waals surface area (Å²) in [6, 6.07) is 11.8. The molecule has 2 N–H and O–H groups in total. The number of aromatic nitrogens is 2. The summed E-state index contributed by atoms with van der Waals surface area (Å²) in [6.07, 6.45) is 1.48. The second kappa shape index (κ2) is 8.16. The lowest BCUT2D eigenvalue weighted by atomic mass is 10.2. The van der Waals surface area contributed by atoms with Crippen LogP contribution in [0.3, 0.4) is 0 Å². The van der Waals surface area contributed by atoms with Gasteiger partial charge in [-0.1, -0.05) is 6.07 Å². The largest absolute Gasteiger partial charge is 0.457 e. The van der Waals surface area contributed by atoms with E-state index < -0.39 is 11.6 Å². The number of anilines is 1. The van der Waals surface area contributed by atoms with Crippen LogP contribution < -0.4 is 15.4 Å². The summed E-state index contributed by atoms with van der Waals surface area (Å²) in [6.45, 7) is 0.0849. The highest BCUT2D eigenvalue weighted by molar-refractivity contribution is 5.92. The molecule has 0 radical (unpaired) electrons. The van der Waals surface area contributed by atoms with E-state index in [0.717, 1.165) is 6.07 Å². The quantitative estimate of drug-likeness (QED) is 0.494. The number of benzene rings is 2. The first-order valence-corrected chi connectivity index (χ1v) is 8.96. The van der Waals surface area contributed by atoms with Crippen molar-refractivity contribution in [3.63, 3.8) is 0 Å². The van der Waals surface area contributed by atoms with Crippen LogP contribution in [0.25, 0.3) is 11.1 Å². The first kappa shape index (κ1) is 19.3. The van der Waals surface area contributed by atoms with E-state index in [1.165, 1.54) is 31.4 Å². The molecule has 0 spiro atoms. The minimum atomic E-state index is -0.650. The van der Waals surface area contributed by atoms with Crippen LogP contribution in [0.2, 0.25) is 0 Å². The Morgan fingerprint density at radius 3 is 2.73 bits per heavy atom. The molecule has 0 aliphatic heterocycles. The van der Waals surface area contributed by atoms with Crippen LogP contribution in [0.5, 0.6) is 11.5 Å². The molecule has 2 heterocycles. The number of carbonyl (C=O) groups is 1. The van der Waals surface area contributed by atoms with Gasteiger partial charge in [-0.15, -0.1) is 0 Å². The Bertz CT molecular complexity index is 1230. The molecule has 2 aromatic carbocycles. The van der Waals surface area contributed by atoms with E-state index in [0.29, 0.717) is 22.6 Å². The first-order chi connectivity index (χ1) is 14.5. The Hall–Kier alpha value is -4.01. The Labute approximate surface area is 169 Å². The molecule has 0 saturated carbocycles. The molecule has 152 valence electrons. The van der Waals surface area contributed by atoms with Crippen molar-refractivity contribution in [1.82, 2.24) is 15.3 Å². The van der Waals surface area contributed by atoms with Crippen molar-refractivity contribution in [2.75, 3.05) is 12.4 Å². The SMILES string of the molecule is CNC(=O)c1cc(Oc2ccc3nc(NCc4ccc(F)cc4F)oc3c2)ccn1. The van der Waals surface area contributed by atoms with Gasteiger partial charge in [0.05, 0.1) is 0 Å². The number of oxazole rings is 1. The summed E-state index contributed by atoms with van der Waals surface area (Å²) in [5.74, 6) is -0.694. The minimum Gasteiger partial charge on any atom is -0.457 e. The molecule has 0 aliphatic rings. The smallest absolute Gasteiger partial charge is 0.295 e. The number of nitrogens with one attached hydrogen (secondary N) is 2. The number of hydrogen-bond acceptors (Lipinski definition) is 6. The lowest BCUT2D eigenvalue weighted by Gasteiger charge is -2.06. The van der Waals surface area contributed by atoms with Crippen LogP contribution in [0, 0.1) is 11.6 Å². The number of ether oxygens (including phenoxy) is 1. The summed E-state index contributed by atoms with van der Waals surface area (Å²) in [5.41, 5.74) is 1.54. The standard InChI is InChI=1S/C21H16F2N4O3/c1-24-20(28)18-9-15(6-7-25-18)29-14-4-5-17-19(10-14)30-21(27-17)26-11-12-2-3-13(22)8-16(12)23/h2-10H,11H2,1H3,(H,24,28)(H,26,27). The van der Waals surface area contributed by atoms with Crippen LogP contribution >= 0.6 is 0 Å². The monoisotopic (exact) mass is 410 g/mol. The van der Waals surface area contributed by atoms with Gasteiger partial charge in [-0.25, -0.2) is 8.78 Å². The van der Waals surface area contributed by atoms with Gasteiger partial charge >= 0.3 is 0 Å². The maximum absolute atomic E-state index is 13.7.